The molecule has 0 spiro atoms. The molecule has 12 unspecified atom stereocenters. The molecule has 5 rings (SSSR count). The molecule has 4 heteroatoms. The number of aliphatic hydroxyl groups excluding tert-OH is 1. The first-order valence-electron chi connectivity index (χ1n) is 14.9. The summed E-state index contributed by atoms with van der Waals surface area (Å²) in [6, 6.07) is 0. The van der Waals surface area contributed by atoms with E-state index in [1.165, 1.54) is 70.6 Å². The maximum absolute atomic E-state index is 11.3. The van der Waals surface area contributed by atoms with Crippen LogP contribution >= 0.6 is 0 Å². The van der Waals surface area contributed by atoms with Gasteiger partial charge in [0, 0.05) is 5.92 Å². The summed E-state index contributed by atoms with van der Waals surface area (Å²) in [5, 5.41) is 23.6. The Morgan fingerprint density at radius 3 is 1.61 bits per heavy atom. The zero-order valence-corrected chi connectivity index (χ0v) is 21.9. The summed E-state index contributed by atoms with van der Waals surface area (Å²) in [5.74, 6) is 6.69. The Morgan fingerprint density at radius 2 is 1.03 bits per heavy atom. The smallest absolute Gasteiger partial charge is 0.0652 e. The quantitative estimate of drug-likeness (QED) is 0.452. The van der Waals surface area contributed by atoms with Crippen LogP contribution in [0.15, 0.2) is 0 Å². The lowest BCUT2D eigenvalue weighted by atomic mass is 9.63. The van der Waals surface area contributed by atoms with Gasteiger partial charge in [0.25, 0.3) is 0 Å². The van der Waals surface area contributed by atoms with Crippen LogP contribution in [0.5, 0.6) is 0 Å². The largest absolute Gasteiger partial charge is 0.393 e. The van der Waals surface area contributed by atoms with E-state index in [1.54, 1.807) is 0 Å². The molecule has 12 atom stereocenters. The highest BCUT2D eigenvalue weighted by atomic mass is 16.3. The molecule has 4 nitrogen and oxygen atoms in total. The maximum atomic E-state index is 11.3. The summed E-state index contributed by atoms with van der Waals surface area (Å²) in [6.07, 6.45) is 16.7. The van der Waals surface area contributed by atoms with Gasteiger partial charge in [-0.05, 0) is 92.3 Å². The van der Waals surface area contributed by atoms with Crippen molar-refractivity contribution in [2.45, 2.75) is 129 Å². The van der Waals surface area contributed by atoms with Crippen LogP contribution in [-0.4, -0.2) is 29.7 Å². The van der Waals surface area contributed by atoms with Gasteiger partial charge in [-0.15, -0.1) is 0 Å². The van der Waals surface area contributed by atoms with Gasteiger partial charge in [0.2, 0.25) is 0 Å². The minimum Gasteiger partial charge on any atom is -0.393 e. The fourth-order valence-electron chi connectivity index (χ4n) is 8.71. The van der Waals surface area contributed by atoms with Crippen molar-refractivity contribution in [2.24, 2.45) is 53.3 Å². The molecule has 4 aliphatic carbocycles. The zero-order chi connectivity index (χ0) is 23.1. The summed E-state index contributed by atoms with van der Waals surface area (Å²) < 4.78 is 0. The van der Waals surface area contributed by atoms with Crippen LogP contribution in [0.25, 0.3) is 0 Å². The topological polar surface area (TPSA) is 56.3 Å². The van der Waals surface area contributed by atoms with Crippen molar-refractivity contribution in [3.8, 4) is 0 Å². The summed E-state index contributed by atoms with van der Waals surface area (Å²) in [6.45, 7) is 9.83. The van der Waals surface area contributed by atoms with E-state index in [9.17, 15) is 5.11 Å². The molecule has 0 amide bonds. The maximum Gasteiger partial charge on any atom is 0.0652 e. The van der Waals surface area contributed by atoms with Crippen molar-refractivity contribution in [1.82, 2.24) is 16.0 Å². The number of rotatable bonds is 3. The molecule has 0 aromatic carbocycles. The van der Waals surface area contributed by atoms with E-state index in [-0.39, 0.29) is 12.3 Å². The Hall–Kier alpha value is -0.160. The predicted octanol–water partition coefficient (Wildman–Crippen LogP) is 5.47. The third-order valence-corrected chi connectivity index (χ3v) is 11.4. The second kappa shape index (κ2) is 10.4. The Morgan fingerprint density at radius 1 is 0.515 bits per heavy atom. The van der Waals surface area contributed by atoms with Gasteiger partial charge in [-0.1, -0.05) is 59.8 Å². The third-order valence-electron chi connectivity index (χ3n) is 11.4. The fraction of sp³-hybridized carbons (Fsp3) is 1.00. The van der Waals surface area contributed by atoms with E-state index in [0.717, 1.165) is 36.0 Å². The lowest BCUT2D eigenvalue weighted by Gasteiger charge is -2.54. The molecule has 0 bridgehead atoms. The van der Waals surface area contributed by atoms with E-state index in [1.807, 2.05) is 0 Å². The van der Waals surface area contributed by atoms with Crippen molar-refractivity contribution >= 4 is 0 Å². The van der Waals surface area contributed by atoms with Crippen LogP contribution < -0.4 is 16.0 Å². The molecule has 0 aromatic heterocycles. The molecule has 1 saturated heterocycles. The summed E-state index contributed by atoms with van der Waals surface area (Å²) in [4.78, 5) is 0. The van der Waals surface area contributed by atoms with Gasteiger partial charge in [0.1, 0.15) is 0 Å². The number of fused-ring (bicyclic) bond motifs is 1. The Kier molecular flexibility index (Phi) is 7.77. The van der Waals surface area contributed by atoms with Crippen LogP contribution in [0.2, 0.25) is 0 Å². The van der Waals surface area contributed by atoms with Crippen molar-refractivity contribution in [2.75, 3.05) is 0 Å². The van der Waals surface area contributed by atoms with Crippen LogP contribution in [-0.2, 0) is 0 Å². The first-order chi connectivity index (χ1) is 15.9. The molecule has 1 heterocycles. The van der Waals surface area contributed by atoms with E-state index >= 15 is 0 Å². The molecule has 4 saturated carbocycles. The van der Waals surface area contributed by atoms with Gasteiger partial charge in [-0.3, -0.25) is 16.0 Å². The summed E-state index contributed by atoms with van der Waals surface area (Å²) in [5.41, 5.74) is 0. The van der Waals surface area contributed by atoms with Crippen LogP contribution in [0.3, 0.4) is 0 Å². The highest BCUT2D eigenvalue weighted by Gasteiger charge is 2.48. The summed E-state index contributed by atoms with van der Waals surface area (Å²) in [7, 11) is 0. The number of hydrogen-bond acceptors (Lipinski definition) is 4. The van der Waals surface area contributed by atoms with Crippen LogP contribution in [0.4, 0.5) is 0 Å². The molecule has 4 N–H and O–H groups in total. The van der Waals surface area contributed by atoms with Gasteiger partial charge in [0.15, 0.2) is 0 Å². The van der Waals surface area contributed by atoms with Crippen LogP contribution in [0.1, 0.15) is 105 Å². The van der Waals surface area contributed by atoms with Crippen molar-refractivity contribution in [1.29, 1.82) is 0 Å². The first kappa shape index (κ1) is 24.5. The van der Waals surface area contributed by atoms with E-state index < -0.39 is 0 Å². The number of nitrogens with one attached hydrogen (secondary N) is 3. The molecule has 0 aromatic rings. The van der Waals surface area contributed by atoms with Gasteiger partial charge in [0.05, 0.1) is 24.6 Å². The SMILES string of the molecule is CC1CCC(C2NC(C3CCC(C)C(C)C3)NC(C3C(O)CCC4CCCCC43)N2)CC1C. The average molecular weight is 460 g/mol. The van der Waals surface area contributed by atoms with Gasteiger partial charge in [-0.2, -0.15) is 0 Å². The number of aliphatic hydroxyl groups is 1. The molecule has 33 heavy (non-hydrogen) atoms. The molecule has 5 fully saturated rings. The van der Waals surface area contributed by atoms with Gasteiger partial charge >= 0.3 is 0 Å². The number of hydrogen-bond donors (Lipinski definition) is 4. The summed E-state index contributed by atoms with van der Waals surface area (Å²) >= 11 is 0. The Balaban J connectivity index is 1.36. The lowest BCUT2D eigenvalue weighted by Crippen LogP contribution is -2.74. The second-order valence-electron chi connectivity index (χ2n) is 13.4. The van der Waals surface area contributed by atoms with Crippen LogP contribution in [0, 0.1) is 53.3 Å². The minimum atomic E-state index is -0.149. The lowest BCUT2D eigenvalue weighted by molar-refractivity contribution is -0.0626. The highest BCUT2D eigenvalue weighted by molar-refractivity contribution is 5.00. The third kappa shape index (κ3) is 5.20. The molecule has 1 aliphatic heterocycles. The molecular weight excluding hydrogens is 406 g/mol. The standard InChI is InChI=1S/C29H53N3O/c1-17-9-11-22(15-19(17)3)27-30-28(23-12-10-18(2)20(4)16-23)32-29(31-27)26-24-8-6-5-7-21(24)13-14-25(26)33/h17-33H,5-16H2,1-4H3. The Labute approximate surface area is 203 Å². The van der Waals surface area contributed by atoms with E-state index in [0.29, 0.717) is 36.0 Å². The predicted molar refractivity (Wildman–Crippen MR) is 136 cm³/mol. The molecule has 5 aliphatic rings. The molecule has 190 valence electrons. The van der Waals surface area contributed by atoms with Crippen molar-refractivity contribution in [3.05, 3.63) is 0 Å². The van der Waals surface area contributed by atoms with Gasteiger partial charge < -0.3 is 5.11 Å². The van der Waals surface area contributed by atoms with Crippen molar-refractivity contribution < 1.29 is 5.11 Å². The minimum absolute atomic E-state index is 0.149. The highest BCUT2D eigenvalue weighted by Crippen LogP contribution is 2.46. The average Bonchev–Trinajstić information content (AvgIpc) is 2.82. The van der Waals surface area contributed by atoms with Crippen molar-refractivity contribution in [3.63, 3.8) is 0 Å². The van der Waals surface area contributed by atoms with E-state index in [4.69, 9.17) is 0 Å². The molecular formula is C29H53N3O. The molecule has 0 radical (unpaired) electrons. The van der Waals surface area contributed by atoms with Gasteiger partial charge in [-0.25, -0.2) is 0 Å². The fourth-order valence-corrected chi connectivity index (χ4v) is 8.71. The zero-order valence-electron chi connectivity index (χ0n) is 21.9. The second-order valence-corrected chi connectivity index (χ2v) is 13.4. The van der Waals surface area contributed by atoms with E-state index in [2.05, 4.69) is 43.6 Å². The normalized spacial score (nSPS) is 53.9. The Bertz CT molecular complexity index is 608. The first-order valence-corrected chi connectivity index (χ1v) is 14.9. The monoisotopic (exact) mass is 459 g/mol.